The molecule has 3 saturated heterocycles. The molecule has 3 heterocycles. The van der Waals surface area contributed by atoms with Gasteiger partial charge in [-0.2, -0.15) is 0 Å². The van der Waals surface area contributed by atoms with Crippen LogP contribution in [0.5, 0.6) is 0 Å². The summed E-state index contributed by atoms with van der Waals surface area (Å²) in [5, 5.41) is 0. The van der Waals surface area contributed by atoms with Crippen molar-refractivity contribution in [3.63, 3.8) is 0 Å². The van der Waals surface area contributed by atoms with Crippen molar-refractivity contribution in [1.29, 1.82) is 0 Å². The van der Waals surface area contributed by atoms with Crippen molar-refractivity contribution in [2.24, 2.45) is 29.6 Å². The molecule has 3 rings (SSSR count). The summed E-state index contributed by atoms with van der Waals surface area (Å²) in [6.45, 7) is 11.6. The van der Waals surface area contributed by atoms with Gasteiger partial charge >= 0.3 is 17.9 Å². The lowest BCUT2D eigenvalue weighted by Gasteiger charge is -2.47. The summed E-state index contributed by atoms with van der Waals surface area (Å²) in [5.74, 6) is -3.36. The molecule has 0 aromatic rings. The van der Waals surface area contributed by atoms with Crippen LogP contribution >= 0.6 is 0 Å². The van der Waals surface area contributed by atoms with E-state index in [1.54, 1.807) is 7.11 Å². The topological polar surface area (TPSA) is 116 Å². The first-order valence-electron chi connectivity index (χ1n) is 12.9. The van der Waals surface area contributed by atoms with E-state index in [2.05, 4.69) is 20.8 Å². The highest BCUT2D eigenvalue weighted by molar-refractivity contribution is 5.79. The molecule has 0 aromatic carbocycles. The maximum absolute atomic E-state index is 13.2. The third-order valence-corrected chi connectivity index (χ3v) is 8.40. The number of fused-ring (bicyclic) bond motifs is 1. The van der Waals surface area contributed by atoms with Crippen LogP contribution in [0.4, 0.5) is 0 Å². The summed E-state index contributed by atoms with van der Waals surface area (Å²) in [7, 11) is 2.85. The fourth-order valence-electron chi connectivity index (χ4n) is 5.61. The number of rotatable bonds is 9. The number of carbonyl (C=O) groups excluding carboxylic acids is 3. The maximum atomic E-state index is 13.2. The fraction of sp³-hybridized carbons (Fsp3) is 0.885. The van der Waals surface area contributed by atoms with Crippen LogP contribution in [0, 0.1) is 29.6 Å². The van der Waals surface area contributed by atoms with Gasteiger partial charge in [0.1, 0.15) is 18.3 Å². The Balaban J connectivity index is 1.92. The SMILES string of the molecule is CC[C@@H](C)[C@@H](OC(C)=O)C1O[C@@](OCC2O[C@H](OC)C(C)[C@@H](C)[C@@H]2C)(C(=O)OC)C[C@H]2OC(=O)C[C@@H]12. The van der Waals surface area contributed by atoms with Gasteiger partial charge in [0, 0.05) is 25.9 Å². The molecule has 0 aromatic heterocycles. The van der Waals surface area contributed by atoms with Crippen molar-refractivity contribution in [3.8, 4) is 0 Å². The van der Waals surface area contributed by atoms with Gasteiger partial charge in [-0.15, -0.1) is 0 Å². The van der Waals surface area contributed by atoms with Crippen LogP contribution < -0.4 is 0 Å². The third-order valence-electron chi connectivity index (χ3n) is 8.40. The average Bonchev–Trinajstić information content (AvgIpc) is 3.23. The van der Waals surface area contributed by atoms with Gasteiger partial charge in [0.15, 0.2) is 6.29 Å². The zero-order valence-electron chi connectivity index (χ0n) is 22.7. The third kappa shape index (κ3) is 5.71. The molecule has 3 unspecified atom stereocenters. The molecule has 0 spiro atoms. The van der Waals surface area contributed by atoms with Gasteiger partial charge < -0.3 is 33.2 Å². The van der Waals surface area contributed by atoms with Crippen molar-refractivity contribution in [2.75, 3.05) is 20.8 Å². The monoisotopic (exact) mass is 514 g/mol. The normalized spacial score (nSPS) is 40.1. The Labute approximate surface area is 213 Å². The largest absolute Gasteiger partial charge is 0.465 e. The minimum absolute atomic E-state index is 0.0271. The van der Waals surface area contributed by atoms with E-state index in [0.717, 1.165) is 0 Å². The van der Waals surface area contributed by atoms with Crippen LogP contribution in [0.3, 0.4) is 0 Å². The molecule has 11 atom stereocenters. The molecule has 3 aliphatic rings. The molecule has 3 aliphatic heterocycles. The predicted octanol–water partition coefficient (Wildman–Crippen LogP) is 2.85. The molecule has 3 fully saturated rings. The van der Waals surface area contributed by atoms with E-state index in [-0.39, 0.29) is 61.1 Å². The summed E-state index contributed by atoms with van der Waals surface area (Å²) in [6.07, 6.45) is -2.15. The van der Waals surface area contributed by atoms with Crippen molar-refractivity contribution in [1.82, 2.24) is 0 Å². The van der Waals surface area contributed by atoms with Gasteiger partial charge in [0.25, 0.3) is 5.79 Å². The van der Waals surface area contributed by atoms with Gasteiger partial charge in [-0.3, -0.25) is 9.59 Å². The zero-order valence-corrected chi connectivity index (χ0v) is 22.7. The Morgan fingerprint density at radius 3 is 2.42 bits per heavy atom. The maximum Gasteiger partial charge on any atom is 0.366 e. The van der Waals surface area contributed by atoms with E-state index in [0.29, 0.717) is 6.42 Å². The minimum atomic E-state index is -1.85. The lowest BCUT2D eigenvalue weighted by Crippen LogP contribution is -2.61. The van der Waals surface area contributed by atoms with Gasteiger partial charge in [-0.05, 0) is 24.2 Å². The highest BCUT2D eigenvalue weighted by atomic mass is 16.8. The second-order valence-electron chi connectivity index (χ2n) is 10.6. The fourth-order valence-corrected chi connectivity index (χ4v) is 5.61. The van der Waals surface area contributed by atoms with Crippen LogP contribution in [0.25, 0.3) is 0 Å². The number of ether oxygens (including phenoxy) is 7. The van der Waals surface area contributed by atoms with Gasteiger partial charge in [-0.25, -0.2) is 4.79 Å². The summed E-state index contributed by atoms with van der Waals surface area (Å²) >= 11 is 0. The number of carbonyl (C=O) groups is 3. The first-order valence-corrected chi connectivity index (χ1v) is 12.9. The molecule has 0 radical (unpaired) electrons. The summed E-state index contributed by atoms with van der Waals surface area (Å²) in [4.78, 5) is 37.5. The standard InChI is InChI=1S/C26H42O10/c1-9-13(2)22(33-17(6)27)23-18-10-21(28)34-19(18)11-26(36-23,25(29)31-8)32-12-20-15(4)14(3)16(5)24(30-7)35-20/h13-16,18-20,22-24H,9-12H2,1-8H3/t13-,14+,15+,16?,18-,19-,20?,22-,23?,24+,26-/m1/s1. The molecule has 10 nitrogen and oxygen atoms in total. The molecule has 10 heteroatoms. The highest BCUT2D eigenvalue weighted by Crippen LogP contribution is 2.45. The molecule has 0 bridgehead atoms. The van der Waals surface area contributed by atoms with Crippen molar-refractivity contribution in [3.05, 3.63) is 0 Å². The van der Waals surface area contributed by atoms with E-state index in [4.69, 9.17) is 33.2 Å². The summed E-state index contributed by atoms with van der Waals surface area (Å²) in [5.41, 5.74) is 0. The zero-order chi connectivity index (χ0) is 26.8. The summed E-state index contributed by atoms with van der Waals surface area (Å²) < 4.78 is 40.7. The minimum Gasteiger partial charge on any atom is -0.465 e. The van der Waals surface area contributed by atoms with Crippen molar-refractivity contribution >= 4 is 17.9 Å². The Kier molecular flexibility index (Phi) is 9.41. The quantitative estimate of drug-likeness (QED) is 0.336. The Morgan fingerprint density at radius 2 is 1.83 bits per heavy atom. The molecule has 0 amide bonds. The highest BCUT2D eigenvalue weighted by Gasteiger charge is 2.60. The van der Waals surface area contributed by atoms with E-state index in [1.165, 1.54) is 14.0 Å². The second kappa shape index (κ2) is 11.8. The molecule has 0 saturated carbocycles. The second-order valence-corrected chi connectivity index (χ2v) is 10.6. The van der Waals surface area contributed by atoms with Crippen molar-refractivity contribution < 1.29 is 47.5 Å². The number of esters is 3. The average molecular weight is 515 g/mol. The molecule has 0 aliphatic carbocycles. The van der Waals surface area contributed by atoms with Crippen LogP contribution in [0.2, 0.25) is 0 Å². The first-order chi connectivity index (χ1) is 17.0. The lowest BCUT2D eigenvalue weighted by molar-refractivity contribution is -0.328. The number of methoxy groups -OCH3 is 2. The van der Waals surface area contributed by atoms with E-state index < -0.39 is 42.3 Å². The lowest BCUT2D eigenvalue weighted by atomic mass is 9.79. The van der Waals surface area contributed by atoms with E-state index >= 15 is 0 Å². The van der Waals surface area contributed by atoms with E-state index in [9.17, 15) is 14.4 Å². The van der Waals surface area contributed by atoms with Crippen molar-refractivity contribution in [2.45, 2.75) is 97.3 Å². The van der Waals surface area contributed by atoms with Gasteiger partial charge in [-0.1, -0.05) is 34.6 Å². The van der Waals surface area contributed by atoms with E-state index in [1.807, 2.05) is 13.8 Å². The Morgan fingerprint density at radius 1 is 1.14 bits per heavy atom. The van der Waals surface area contributed by atoms with Gasteiger partial charge in [0.2, 0.25) is 0 Å². The predicted molar refractivity (Wildman–Crippen MR) is 126 cm³/mol. The van der Waals surface area contributed by atoms with Crippen LogP contribution in [0.15, 0.2) is 0 Å². The Bertz CT molecular complexity index is 800. The molecule has 0 N–H and O–H groups in total. The van der Waals surface area contributed by atoms with Crippen LogP contribution in [-0.4, -0.2) is 75.2 Å². The molecule has 206 valence electrons. The molecule has 36 heavy (non-hydrogen) atoms. The summed E-state index contributed by atoms with van der Waals surface area (Å²) in [6, 6.07) is 0. The van der Waals surface area contributed by atoms with Crippen LogP contribution in [-0.2, 0) is 47.5 Å². The smallest absolute Gasteiger partial charge is 0.366 e. The molecular weight excluding hydrogens is 472 g/mol. The van der Waals surface area contributed by atoms with Crippen LogP contribution in [0.1, 0.15) is 60.8 Å². The molecular formula is C26H42O10. The Hall–Kier alpha value is -1.75. The first kappa shape index (κ1) is 28.8. The van der Waals surface area contributed by atoms with Gasteiger partial charge in [0.05, 0.1) is 32.7 Å². The number of hydrogen-bond donors (Lipinski definition) is 0. The number of hydrogen-bond acceptors (Lipinski definition) is 10.